The zero-order chi connectivity index (χ0) is 13.8. The van der Waals surface area contributed by atoms with Crippen LogP contribution in [0, 0.1) is 11.8 Å². The van der Waals surface area contributed by atoms with E-state index in [2.05, 4.69) is 6.92 Å². The molecule has 0 saturated heterocycles. The van der Waals surface area contributed by atoms with Crippen LogP contribution in [0.4, 0.5) is 0 Å². The van der Waals surface area contributed by atoms with Gasteiger partial charge in [0.15, 0.2) is 0 Å². The van der Waals surface area contributed by atoms with Crippen molar-refractivity contribution in [3.05, 3.63) is 0 Å². The van der Waals surface area contributed by atoms with Crippen molar-refractivity contribution < 1.29 is 9.90 Å². The quantitative estimate of drug-likeness (QED) is 0.794. The minimum atomic E-state index is -0.00644. The first-order chi connectivity index (χ1) is 9.15. The SMILES string of the molecule is CC1CCCC(N)C1C(=O)N(CCCO)C1CCC1. The van der Waals surface area contributed by atoms with Crippen molar-refractivity contribution in [1.82, 2.24) is 4.90 Å². The minimum absolute atomic E-state index is 0.00644. The van der Waals surface area contributed by atoms with E-state index in [-0.39, 0.29) is 24.5 Å². The van der Waals surface area contributed by atoms with E-state index in [4.69, 9.17) is 10.8 Å². The Morgan fingerprint density at radius 3 is 2.47 bits per heavy atom. The van der Waals surface area contributed by atoms with Crippen LogP contribution in [0.5, 0.6) is 0 Å². The van der Waals surface area contributed by atoms with E-state index < -0.39 is 0 Å². The fourth-order valence-electron chi connectivity index (χ4n) is 3.49. The summed E-state index contributed by atoms with van der Waals surface area (Å²) in [5.74, 6) is 0.638. The molecule has 0 aromatic heterocycles. The number of carbonyl (C=O) groups is 1. The molecule has 0 bridgehead atoms. The molecule has 2 fully saturated rings. The Bertz CT molecular complexity index is 295. The normalized spacial score (nSPS) is 31.8. The topological polar surface area (TPSA) is 66.6 Å². The summed E-state index contributed by atoms with van der Waals surface area (Å²) in [6, 6.07) is 0.424. The lowest BCUT2D eigenvalue weighted by Crippen LogP contribution is -2.53. The molecule has 2 rings (SSSR count). The highest BCUT2D eigenvalue weighted by molar-refractivity contribution is 5.80. The van der Waals surface area contributed by atoms with Crippen LogP contribution in [0.15, 0.2) is 0 Å². The van der Waals surface area contributed by atoms with Crippen molar-refractivity contribution in [3.63, 3.8) is 0 Å². The first kappa shape index (κ1) is 14.8. The number of aliphatic hydroxyl groups is 1. The molecule has 0 spiro atoms. The third-order valence-electron chi connectivity index (χ3n) is 4.91. The molecule has 2 aliphatic carbocycles. The van der Waals surface area contributed by atoms with E-state index in [9.17, 15) is 4.79 Å². The molecular weight excluding hydrogens is 240 g/mol. The summed E-state index contributed by atoms with van der Waals surface area (Å²) in [6.45, 7) is 3.01. The Kier molecular flexibility index (Phi) is 5.22. The fraction of sp³-hybridized carbons (Fsp3) is 0.933. The predicted molar refractivity (Wildman–Crippen MR) is 75.5 cm³/mol. The summed E-state index contributed by atoms with van der Waals surface area (Å²) in [5.41, 5.74) is 6.20. The Hall–Kier alpha value is -0.610. The summed E-state index contributed by atoms with van der Waals surface area (Å²) in [7, 11) is 0. The molecule has 4 nitrogen and oxygen atoms in total. The third kappa shape index (κ3) is 3.29. The molecule has 2 saturated carbocycles. The molecule has 19 heavy (non-hydrogen) atoms. The van der Waals surface area contributed by atoms with Gasteiger partial charge in [0.1, 0.15) is 0 Å². The number of aliphatic hydroxyl groups excluding tert-OH is 1. The van der Waals surface area contributed by atoms with Gasteiger partial charge < -0.3 is 15.7 Å². The zero-order valence-corrected chi connectivity index (χ0v) is 12.1. The van der Waals surface area contributed by atoms with Gasteiger partial charge in [-0.1, -0.05) is 13.3 Å². The Balaban J connectivity index is 2.03. The van der Waals surface area contributed by atoms with Gasteiger partial charge >= 0.3 is 0 Å². The van der Waals surface area contributed by atoms with Gasteiger partial charge in [-0.25, -0.2) is 0 Å². The second-order valence-electron chi connectivity index (χ2n) is 6.29. The maximum atomic E-state index is 12.8. The lowest BCUT2D eigenvalue weighted by Gasteiger charge is -2.43. The van der Waals surface area contributed by atoms with Gasteiger partial charge in [-0.2, -0.15) is 0 Å². The average Bonchev–Trinajstić information content (AvgIpc) is 2.31. The van der Waals surface area contributed by atoms with Gasteiger partial charge in [-0.15, -0.1) is 0 Å². The number of nitrogens with zero attached hydrogens (tertiary/aromatic N) is 1. The molecule has 0 aliphatic heterocycles. The van der Waals surface area contributed by atoms with Crippen molar-refractivity contribution in [2.45, 2.75) is 64.0 Å². The van der Waals surface area contributed by atoms with E-state index in [0.717, 1.165) is 32.1 Å². The van der Waals surface area contributed by atoms with Crippen LogP contribution in [0.25, 0.3) is 0 Å². The van der Waals surface area contributed by atoms with Crippen LogP contribution < -0.4 is 5.73 Å². The molecule has 4 heteroatoms. The molecule has 0 aromatic rings. The molecule has 3 unspecified atom stereocenters. The first-order valence-electron chi connectivity index (χ1n) is 7.82. The molecule has 0 aromatic carbocycles. The highest BCUT2D eigenvalue weighted by Gasteiger charge is 2.39. The summed E-state index contributed by atoms with van der Waals surface area (Å²) in [6.07, 6.45) is 7.37. The van der Waals surface area contributed by atoms with Crippen molar-refractivity contribution in [3.8, 4) is 0 Å². The van der Waals surface area contributed by atoms with E-state index in [1.165, 1.54) is 6.42 Å². The summed E-state index contributed by atoms with van der Waals surface area (Å²) in [5, 5.41) is 9.02. The van der Waals surface area contributed by atoms with Gasteiger partial charge in [0, 0.05) is 25.2 Å². The fourth-order valence-corrected chi connectivity index (χ4v) is 3.49. The number of rotatable bonds is 5. The number of carbonyl (C=O) groups excluding carboxylic acids is 1. The monoisotopic (exact) mass is 268 g/mol. The number of amides is 1. The molecule has 2 aliphatic rings. The molecular formula is C15H28N2O2. The van der Waals surface area contributed by atoms with Crippen LogP contribution in [0.2, 0.25) is 0 Å². The van der Waals surface area contributed by atoms with Gasteiger partial charge in [0.2, 0.25) is 5.91 Å². The molecule has 1 amide bonds. The summed E-state index contributed by atoms with van der Waals surface area (Å²) in [4.78, 5) is 14.8. The number of hydrogen-bond acceptors (Lipinski definition) is 3. The van der Waals surface area contributed by atoms with Gasteiger partial charge in [-0.3, -0.25) is 4.79 Å². The van der Waals surface area contributed by atoms with Gasteiger partial charge in [-0.05, 0) is 44.4 Å². The van der Waals surface area contributed by atoms with Crippen molar-refractivity contribution in [2.24, 2.45) is 17.6 Å². The Labute approximate surface area is 116 Å². The predicted octanol–water partition coefficient (Wildman–Crippen LogP) is 1.51. The molecule has 3 atom stereocenters. The number of hydrogen-bond donors (Lipinski definition) is 2. The van der Waals surface area contributed by atoms with Crippen molar-refractivity contribution in [1.29, 1.82) is 0 Å². The van der Waals surface area contributed by atoms with Gasteiger partial charge in [0.05, 0.1) is 5.92 Å². The molecule has 3 N–H and O–H groups in total. The van der Waals surface area contributed by atoms with Crippen LogP contribution in [0.3, 0.4) is 0 Å². The smallest absolute Gasteiger partial charge is 0.227 e. The largest absolute Gasteiger partial charge is 0.396 e. The molecule has 0 radical (unpaired) electrons. The van der Waals surface area contributed by atoms with Crippen LogP contribution in [-0.2, 0) is 4.79 Å². The Morgan fingerprint density at radius 2 is 1.95 bits per heavy atom. The van der Waals surface area contributed by atoms with Crippen LogP contribution >= 0.6 is 0 Å². The van der Waals surface area contributed by atoms with Crippen LogP contribution in [-0.4, -0.2) is 41.1 Å². The second-order valence-corrected chi connectivity index (χ2v) is 6.29. The highest BCUT2D eigenvalue weighted by atomic mass is 16.3. The van der Waals surface area contributed by atoms with E-state index in [1.807, 2.05) is 4.90 Å². The lowest BCUT2D eigenvalue weighted by atomic mass is 9.75. The summed E-state index contributed by atoms with van der Waals surface area (Å²) < 4.78 is 0. The van der Waals surface area contributed by atoms with Crippen LogP contribution in [0.1, 0.15) is 51.9 Å². The minimum Gasteiger partial charge on any atom is -0.396 e. The number of nitrogens with two attached hydrogens (primary N) is 1. The van der Waals surface area contributed by atoms with E-state index in [1.54, 1.807) is 0 Å². The third-order valence-corrected chi connectivity index (χ3v) is 4.91. The van der Waals surface area contributed by atoms with Crippen molar-refractivity contribution >= 4 is 5.91 Å². The Morgan fingerprint density at radius 1 is 1.26 bits per heavy atom. The zero-order valence-electron chi connectivity index (χ0n) is 12.1. The molecule has 0 heterocycles. The molecule has 110 valence electrons. The van der Waals surface area contributed by atoms with Gasteiger partial charge in [0.25, 0.3) is 0 Å². The first-order valence-corrected chi connectivity index (χ1v) is 7.82. The highest BCUT2D eigenvalue weighted by Crippen LogP contribution is 2.33. The lowest BCUT2D eigenvalue weighted by molar-refractivity contribution is -0.143. The average molecular weight is 268 g/mol. The van der Waals surface area contributed by atoms with E-state index >= 15 is 0 Å². The van der Waals surface area contributed by atoms with E-state index in [0.29, 0.717) is 24.9 Å². The maximum absolute atomic E-state index is 12.8. The second kappa shape index (κ2) is 6.71. The maximum Gasteiger partial charge on any atom is 0.227 e. The standard InChI is InChI=1S/C15H28N2O2/c1-11-5-2-8-13(16)14(11)15(19)17(9-4-10-18)12-6-3-7-12/h11-14,18H,2-10,16H2,1H3. The van der Waals surface area contributed by atoms with Crippen molar-refractivity contribution in [2.75, 3.05) is 13.2 Å². The summed E-state index contributed by atoms with van der Waals surface area (Å²) >= 11 is 0.